The van der Waals surface area contributed by atoms with Crippen molar-refractivity contribution in [2.75, 3.05) is 27.4 Å². The summed E-state index contributed by atoms with van der Waals surface area (Å²) in [7, 11) is 3.15. The second-order valence-electron chi connectivity index (χ2n) is 5.88. The highest BCUT2D eigenvalue weighted by atomic mass is 16.5. The number of fused-ring (bicyclic) bond motifs is 1. The molecular weight excluding hydrogens is 348 g/mol. The third-order valence-corrected chi connectivity index (χ3v) is 4.04. The van der Waals surface area contributed by atoms with Crippen LogP contribution >= 0.6 is 0 Å². The number of esters is 1. The Kier molecular flexibility index (Phi) is 6.20. The van der Waals surface area contributed by atoms with Crippen molar-refractivity contribution in [1.29, 1.82) is 0 Å². The van der Waals surface area contributed by atoms with Gasteiger partial charge in [0.2, 0.25) is 0 Å². The fourth-order valence-electron chi connectivity index (χ4n) is 2.64. The zero-order chi connectivity index (χ0) is 19.1. The predicted octanol–water partition coefficient (Wildman–Crippen LogP) is 3.62. The van der Waals surface area contributed by atoms with E-state index < -0.39 is 5.97 Å². The number of ether oxygens (including phenoxy) is 5. The lowest BCUT2D eigenvalue weighted by Crippen LogP contribution is -2.02. The molecule has 3 rings (SSSR count). The van der Waals surface area contributed by atoms with Gasteiger partial charge in [0.1, 0.15) is 18.1 Å². The molecule has 6 heteroatoms. The van der Waals surface area contributed by atoms with Gasteiger partial charge in [0, 0.05) is 18.1 Å². The molecule has 0 bridgehead atoms. The van der Waals surface area contributed by atoms with Gasteiger partial charge in [0.05, 0.1) is 27.4 Å². The van der Waals surface area contributed by atoms with Crippen LogP contribution in [-0.2, 0) is 16.1 Å². The van der Waals surface area contributed by atoms with Crippen LogP contribution in [0.2, 0.25) is 0 Å². The van der Waals surface area contributed by atoms with Gasteiger partial charge in [-0.3, -0.25) is 0 Å². The molecule has 0 atom stereocenters. The first-order chi connectivity index (χ1) is 13.2. The summed E-state index contributed by atoms with van der Waals surface area (Å²) in [5.41, 5.74) is 1.56. The van der Waals surface area contributed by atoms with Crippen LogP contribution in [0.5, 0.6) is 23.0 Å². The Bertz CT molecular complexity index is 827. The number of hydrogen-bond acceptors (Lipinski definition) is 6. The second-order valence-corrected chi connectivity index (χ2v) is 5.88. The number of hydrogen-bond donors (Lipinski definition) is 0. The molecule has 1 heterocycles. The summed E-state index contributed by atoms with van der Waals surface area (Å²) in [6.45, 7) is 1.34. The number of carbonyl (C=O) groups excluding carboxylic acids is 1. The average molecular weight is 370 g/mol. The second kappa shape index (κ2) is 8.98. The summed E-state index contributed by atoms with van der Waals surface area (Å²) in [4.78, 5) is 12.1. The van der Waals surface area contributed by atoms with Crippen molar-refractivity contribution in [2.45, 2.75) is 13.0 Å². The molecule has 27 heavy (non-hydrogen) atoms. The van der Waals surface area contributed by atoms with E-state index in [1.54, 1.807) is 38.5 Å². The molecule has 0 spiro atoms. The topological polar surface area (TPSA) is 63.2 Å². The summed E-state index contributed by atoms with van der Waals surface area (Å²) in [6.07, 6.45) is 3.91. The Labute approximate surface area is 158 Å². The van der Waals surface area contributed by atoms with E-state index >= 15 is 0 Å². The molecule has 0 amide bonds. The third-order valence-electron chi connectivity index (χ3n) is 4.04. The Hall–Kier alpha value is -3.15. The molecule has 2 aromatic carbocycles. The molecule has 2 aromatic rings. The Balaban J connectivity index is 1.62. The number of benzene rings is 2. The fraction of sp³-hybridized carbons (Fsp3) is 0.286. The van der Waals surface area contributed by atoms with Gasteiger partial charge in [-0.05, 0) is 42.0 Å². The van der Waals surface area contributed by atoms with Crippen molar-refractivity contribution in [3.8, 4) is 23.0 Å². The molecule has 0 unspecified atom stereocenters. The van der Waals surface area contributed by atoms with Crippen molar-refractivity contribution >= 4 is 12.0 Å². The minimum absolute atomic E-state index is 0.0880. The minimum Gasteiger partial charge on any atom is -0.497 e. The fourth-order valence-corrected chi connectivity index (χ4v) is 2.64. The van der Waals surface area contributed by atoms with Gasteiger partial charge in [0.15, 0.2) is 11.5 Å². The van der Waals surface area contributed by atoms with Crippen LogP contribution in [0.4, 0.5) is 0 Å². The maximum absolute atomic E-state index is 12.1. The zero-order valence-corrected chi connectivity index (χ0v) is 15.4. The molecule has 0 aliphatic carbocycles. The maximum Gasteiger partial charge on any atom is 0.331 e. The van der Waals surface area contributed by atoms with Crippen molar-refractivity contribution in [1.82, 2.24) is 0 Å². The normalized spacial score (nSPS) is 13.1. The van der Waals surface area contributed by atoms with Crippen LogP contribution in [0, 0.1) is 0 Å². The number of carbonyl (C=O) groups is 1. The maximum atomic E-state index is 12.1. The van der Waals surface area contributed by atoms with E-state index in [-0.39, 0.29) is 6.61 Å². The lowest BCUT2D eigenvalue weighted by atomic mass is 10.2. The van der Waals surface area contributed by atoms with Crippen LogP contribution in [0.1, 0.15) is 17.5 Å². The van der Waals surface area contributed by atoms with Gasteiger partial charge in [-0.25, -0.2) is 4.79 Å². The standard InChI is InChI=1S/C21H22O6/c1-23-17-6-8-18(24-2)16(13-17)14-27-21(22)9-5-15-4-7-19-20(12-15)26-11-3-10-25-19/h4-9,12-13H,3,10-11,14H2,1-2H3/b9-5+. The van der Waals surface area contributed by atoms with E-state index in [1.807, 2.05) is 18.2 Å². The molecule has 0 saturated carbocycles. The Morgan fingerprint density at radius 3 is 2.63 bits per heavy atom. The van der Waals surface area contributed by atoms with Crippen LogP contribution in [0.25, 0.3) is 6.08 Å². The Morgan fingerprint density at radius 1 is 1.04 bits per heavy atom. The van der Waals surface area contributed by atoms with Gasteiger partial charge < -0.3 is 23.7 Å². The van der Waals surface area contributed by atoms with Crippen molar-refractivity contribution in [3.63, 3.8) is 0 Å². The van der Waals surface area contributed by atoms with E-state index in [0.717, 1.165) is 23.3 Å². The lowest BCUT2D eigenvalue weighted by Gasteiger charge is -2.10. The monoisotopic (exact) mass is 370 g/mol. The van der Waals surface area contributed by atoms with E-state index in [0.29, 0.717) is 30.5 Å². The van der Waals surface area contributed by atoms with E-state index in [2.05, 4.69) is 0 Å². The third kappa shape index (κ3) is 4.94. The van der Waals surface area contributed by atoms with Crippen LogP contribution in [0.3, 0.4) is 0 Å². The summed E-state index contributed by atoms with van der Waals surface area (Å²) in [5, 5.41) is 0. The van der Waals surface area contributed by atoms with Crippen molar-refractivity contribution in [3.05, 3.63) is 53.6 Å². The smallest absolute Gasteiger partial charge is 0.331 e. The molecule has 6 nitrogen and oxygen atoms in total. The van der Waals surface area contributed by atoms with Gasteiger partial charge in [0.25, 0.3) is 0 Å². The Morgan fingerprint density at radius 2 is 1.85 bits per heavy atom. The number of rotatable bonds is 6. The molecule has 0 N–H and O–H groups in total. The number of methoxy groups -OCH3 is 2. The molecule has 0 fully saturated rings. The summed E-state index contributed by atoms with van der Waals surface area (Å²) in [6, 6.07) is 10.9. The van der Waals surface area contributed by atoms with E-state index in [9.17, 15) is 4.79 Å². The highest BCUT2D eigenvalue weighted by Gasteiger charge is 2.10. The SMILES string of the molecule is COc1ccc(OC)c(COC(=O)/C=C/c2ccc3c(c2)OCCCO3)c1. The predicted molar refractivity (Wildman–Crippen MR) is 100 cm³/mol. The van der Waals surface area contributed by atoms with Gasteiger partial charge in [-0.1, -0.05) is 6.07 Å². The van der Waals surface area contributed by atoms with Gasteiger partial charge in [-0.15, -0.1) is 0 Å². The van der Waals surface area contributed by atoms with Gasteiger partial charge in [-0.2, -0.15) is 0 Å². The van der Waals surface area contributed by atoms with Crippen LogP contribution < -0.4 is 18.9 Å². The highest BCUT2D eigenvalue weighted by molar-refractivity contribution is 5.87. The van der Waals surface area contributed by atoms with Crippen molar-refractivity contribution in [2.24, 2.45) is 0 Å². The molecule has 0 radical (unpaired) electrons. The summed E-state index contributed by atoms with van der Waals surface area (Å²) in [5.74, 6) is 2.26. The quantitative estimate of drug-likeness (QED) is 0.572. The summed E-state index contributed by atoms with van der Waals surface area (Å²) < 4.78 is 27.0. The molecular formula is C21H22O6. The molecule has 0 aromatic heterocycles. The van der Waals surface area contributed by atoms with Crippen molar-refractivity contribution < 1.29 is 28.5 Å². The molecule has 142 valence electrons. The first-order valence-corrected chi connectivity index (χ1v) is 8.65. The van der Waals surface area contributed by atoms with Crippen LogP contribution in [-0.4, -0.2) is 33.4 Å². The van der Waals surface area contributed by atoms with E-state index in [1.165, 1.54) is 6.08 Å². The first-order valence-electron chi connectivity index (χ1n) is 8.65. The van der Waals surface area contributed by atoms with Gasteiger partial charge >= 0.3 is 5.97 Å². The first kappa shape index (κ1) is 18.6. The minimum atomic E-state index is -0.452. The molecule has 0 saturated heterocycles. The largest absolute Gasteiger partial charge is 0.497 e. The highest BCUT2D eigenvalue weighted by Crippen LogP contribution is 2.30. The van der Waals surface area contributed by atoms with E-state index in [4.69, 9.17) is 23.7 Å². The lowest BCUT2D eigenvalue weighted by molar-refractivity contribution is -0.138. The average Bonchev–Trinajstić information content (AvgIpc) is 2.95. The zero-order valence-electron chi connectivity index (χ0n) is 15.4. The summed E-state index contributed by atoms with van der Waals surface area (Å²) >= 11 is 0. The molecule has 1 aliphatic heterocycles. The molecule has 1 aliphatic rings. The van der Waals surface area contributed by atoms with Crippen LogP contribution in [0.15, 0.2) is 42.5 Å².